The second kappa shape index (κ2) is 4.86. The van der Waals surface area contributed by atoms with Crippen molar-refractivity contribution >= 4 is 11.5 Å². The third-order valence-electron chi connectivity index (χ3n) is 2.94. The van der Waals surface area contributed by atoms with E-state index < -0.39 is 0 Å². The molecule has 3 nitrogen and oxygen atoms in total. The molecule has 0 N–H and O–H groups in total. The van der Waals surface area contributed by atoms with Gasteiger partial charge in [0, 0.05) is 14.1 Å². The zero-order valence-electron chi connectivity index (χ0n) is 11.1. The lowest BCUT2D eigenvalue weighted by Gasteiger charge is -2.29. The van der Waals surface area contributed by atoms with Crippen LogP contribution in [-0.2, 0) is 0 Å². The predicted molar refractivity (Wildman–Crippen MR) is 73.9 cm³/mol. The van der Waals surface area contributed by atoms with Crippen molar-refractivity contribution in [3.8, 4) is 0 Å². The molecule has 0 aromatic heterocycles. The fourth-order valence-corrected chi connectivity index (χ4v) is 2.18. The summed E-state index contributed by atoms with van der Waals surface area (Å²) in [6, 6.07) is 0.394. The summed E-state index contributed by atoms with van der Waals surface area (Å²) in [5.41, 5.74) is 1.14. The molecule has 0 aromatic rings. The number of amidine groups is 1. The molecule has 1 heterocycles. The molecule has 2 aliphatic rings. The minimum atomic E-state index is 0.188. The summed E-state index contributed by atoms with van der Waals surface area (Å²) >= 11 is 0. The molecule has 0 radical (unpaired) electrons. The fraction of sp³-hybridized carbons (Fsp3) is 0.571. The van der Waals surface area contributed by atoms with E-state index in [9.17, 15) is 0 Å². The van der Waals surface area contributed by atoms with E-state index in [1.54, 1.807) is 0 Å². The highest BCUT2D eigenvalue weighted by atomic mass is 15.2. The van der Waals surface area contributed by atoms with E-state index in [0.29, 0.717) is 5.92 Å². The Labute approximate surface area is 104 Å². The molecule has 1 aliphatic heterocycles. The molecular weight excluding hydrogens is 210 g/mol. The molecule has 0 bridgehead atoms. The number of allylic oxidation sites excluding steroid dienone is 2. The van der Waals surface area contributed by atoms with Crippen LogP contribution in [0.2, 0.25) is 0 Å². The molecule has 0 fully saturated rings. The maximum atomic E-state index is 4.85. The third-order valence-corrected chi connectivity index (χ3v) is 2.94. The molecule has 0 amide bonds. The molecule has 3 heteroatoms. The molecule has 0 saturated carbocycles. The average molecular weight is 231 g/mol. The van der Waals surface area contributed by atoms with Gasteiger partial charge in [-0.3, -0.25) is 9.98 Å². The van der Waals surface area contributed by atoms with Crippen LogP contribution in [0.1, 0.15) is 20.3 Å². The summed E-state index contributed by atoms with van der Waals surface area (Å²) in [7, 11) is 4.08. The molecule has 1 aliphatic carbocycles. The van der Waals surface area contributed by atoms with Crippen molar-refractivity contribution in [2.45, 2.75) is 32.4 Å². The second-order valence-corrected chi connectivity index (χ2v) is 5.27. The fourth-order valence-electron chi connectivity index (χ4n) is 2.18. The second-order valence-electron chi connectivity index (χ2n) is 5.27. The smallest absolute Gasteiger partial charge is 0.145 e. The first-order chi connectivity index (χ1) is 8.08. The van der Waals surface area contributed by atoms with E-state index in [-0.39, 0.29) is 12.1 Å². The van der Waals surface area contributed by atoms with E-state index in [0.717, 1.165) is 18.0 Å². The average Bonchev–Trinajstić information content (AvgIpc) is 2.27. The first-order valence-electron chi connectivity index (χ1n) is 6.25. The normalized spacial score (nSPS) is 26.6. The summed E-state index contributed by atoms with van der Waals surface area (Å²) < 4.78 is 0. The van der Waals surface area contributed by atoms with Crippen LogP contribution in [0.25, 0.3) is 0 Å². The lowest BCUT2D eigenvalue weighted by Crippen LogP contribution is -2.39. The predicted octanol–water partition coefficient (Wildman–Crippen LogP) is 2.31. The van der Waals surface area contributed by atoms with Crippen molar-refractivity contribution in [2.75, 3.05) is 14.1 Å². The molecular formula is C14H21N3. The van der Waals surface area contributed by atoms with Gasteiger partial charge in [-0.05, 0) is 12.3 Å². The van der Waals surface area contributed by atoms with Crippen molar-refractivity contribution in [3.05, 3.63) is 24.3 Å². The maximum absolute atomic E-state index is 4.85. The third kappa shape index (κ3) is 2.65. The minimum absolute atomic E-state index is 0.188. The van der Waals surface area contributed by atoms with Gasteiger partial charge in [0.25, 0.3) is 0 Å². The molecule has 2 rings (SSSR count). The molecule has 0 aromatic carbocycles. The highest BCUT2D eigenvalue weighted by Gasteiger charge is 2.26. The van der Waals surface area contributed by atoms with Crippen molar-refractivity contribution in [2.24, 2.45) is 15.9 Å². The number of rotatable bonds is 2. The zero-order chi connectivity index (χ0) is 12.4. The van der Waals surface area contributed by atoms with E-state index in [1.165, 1.54) is 0 Å². The Kier molecular flexibility index (Phi) is 3.46. The van der Waals surface area contributed by atoms with Crippen LogP contribution in [0, 0.1) is 5.92 Å². The van der Waals surface area contributed by atoms with Crippen LogP contribution < -0.4 is 0 Å². The monoisotopic (exact) mass is 231 g/mol. The Balaban J connectivity index is 2.28. The van der Waals surface area contributed by atoms with Gasteiger partial charge in [0.15, 0.2) is 0 Å². The molecule has 0 spiro atoms. The van der Waals surface area contributed by atoms with E-state index in [1.807, 2.05) is 14.1 Å². The van der Waals surface area contributed by atoms with E-state index in [4.69, 9.17) is 9.98 Å². The molecule has 2 atom stereocenters. The van der Waals surface area contributed by atoms with Gasteiger partial charge >= 0.3 is 0 Å². The van der Waals surface area contributed by atoms with Crippen LogP contribution in [0.4, 0.5) is 0 Å². The van der Waals surface area contributed by atoms with Gasteiger partial charge in [0.05, 0.1) is 17.8 Å². The highest BCUT2D eigenvalue weighted by molar-refractivity contribution is 6.41. The summed E-state index contributed by atoms with van der Waals surface area (Å²) in [6.07, 6.45) is 9.39. The summed E-state index contributed by atoms with van der Waals surface area (Å²) in [4.78, 5) is 11.7. The number of fused-ring (bicyclic) bond motifs is 1. The molecule has 2 unspecified atom stereocenters. The van der Waals surface area contributed by atoms with Crippen LogP contribution >= 0.6 is 0 Å². The largest absolute Gasteiger partial charge is 0.362 e. The Morgan fingerprint density at radius 2 is 1.71 bits per heavy atom. The highest BCUT2D eigenvalue weighted by Crippen LogP contribution is 2.20. The Hall–Kier alpha value is -1.38. The maximum Gasteiger partial charge on any atom is 0.145 e. The van der Waals surface area contributed by atoms with Crippen LogP contribution in [0.3, 0.4) is 0 Å². The molecule has 17 heavy (non-hydrogen) atoms. The van der Waals surface area contributed by atoms with Crippen molar-refractivity contribution in [1.29, 1.82) is 0 Å². The number of aliphatic imine (C=N–C) groups is 2. The Morgan fingerprint density at radius 1 is 1.12 bits per heavy atom. The van der Waals surface area contributed by atoms with Gasteiger partial charge in [-0.15, -0.1) is 0 Å². The van der Waals surface area contributed by atoms with Gasteiger partial charge in [-0.25, -0.2) is 0 Å². The first kappa shape index (κ1) is 12.1. The Bertz CT molecular complexity index is 400. The number of hydrogen-bond acceptors (Lipinski definition) is 3. The lowest BCUT2D eigenvalue weighted by molar-refractivity contribution is 0.589. The summed E-state index contributed by atoms with van der Waals surface area (Å²) in [6.45, 7) is 4.44. The number of nitrogens with zero attached hydrogens (tertiary/aromatic N) is 3. The summed E-state index contributed by atoms with van der Waals surface area (Å²) in [5.74, 6) is 1.65. The Morgan fingerprint density at radius 3 is 2.24 bits per heavy atom. The van der Waals surface area contributed by atoms with Crippen LogP contribution in [-0.4, -0.2) is 42.6 Å². The van der Waals surface area contributed by atoms with E-state index >= 15 is 0 Å². The van der Waals surface area contributed by atoms with Gasteiger partial charge in [0.1, 0.15) is 5.84 Å². The van der Waals surface area contributed by atoms with Gasteiger partial charge in [0.2, 0.25) is 0 Å². The van der Waals surface area contributed by atoms with Crippen molar-refractivity contribution in [3.63, 3.8) is 0 Å². The van der Waals surface area contributed by atoms with Gasteiger partial charge < -0.3 is 4.90 Å². The first-order valence-corrected chi connectivity index (χ1v) is 6.25. The van der Waals surface area contributed by atoms with Gasteiger partial charge in [-0.1, -0.05) is 38.2 Å². The van der Waals surface area contributed by atoms with Crippen molar-refractivity contribution < 1.29 is 0 Å². The SMILES string of the molecule is CC(C)CC1=NC2C=CC=CC2N=C1N(C)C. The minimum Gasteiger partial charge on any atom is -0.362 e. The zero-order valence-corrected chi connectivity index (χ0v) is 11.1. The molecule has 92 valence electrons. The standard InChI is InChI=1S/C14H21N3/c1-10(2)9-13-14(17(3)4)16-12-8-6-5-7-11(12)15-13/h5-8,10-12H,9H2,1-4H3. The van der Waals surface area contributed by atoms with Crippen LogP contribution in [0.15, 0.2) is 34.3 Å². The van der Waals surface area contributed by atoms with Crippen molar-refractivity contribution in [1.82, 2.24) is 4.90 Å². The van der Waals surface area contributed by atoms with Gasteiger partial charge in [-0.2, -0.15) is 0 Å². The lowest BCUT2D eigenvalue weighted by atomic mass is 9.98. The summed E-state index contributed by atoms with van der Waals surface area (Å²) in [5, 5.41) is 0. The molecule has 0 saturated heterocycles. The topological polar surface area (TPSA) is 28.0 Å². The van der Waals surface area contributed by atoms with E-state index in [2.05, 4.69) is 43.1 Å². The quantitative estimate of drug-likeness (QED) is 0.716. The van der Waals surface area contributed by atoms with Crippen LogP contribution in [0.5, 0.6) is 0 Å². The number of hydrogen-bond donors (Lipinski definition) is 0.